The van der Waals surface area contributed by atoms with Crippen molar-refractivity contribution in [2.75, 3.05) is 6.54 Å². The van der Waals surface area contributed by atoms with Gasteiger partial charge in [-0.2, -0.15) is 0 Å². The molecule has 0 atom stereocenters. The van der Waals surface area contributed by atoms with E-state index in [0.717, 1.165) is 18.4 Å². The number of nitrogens with one attached hydrogen (secondary N) is 1. The molecule has 18 heavy (non-hydrogen) atoms. The van der Waals surface area contributed by atoms with Crippen LogP contribution in [0.25, 0.3) is 0 Å². The summed E-state index contributed by atoms with van der Waals surface area (Å²) in [5.41, 5.74) is 1.04. The summed E-state index contributed by atoms with van der Waals surface area (Å²) >= 11 is 3.32. The zero-order chi connectivity index (χ0) is 13.4. The maximum Gasteiger partial charge on any atom is 0.240 e. The number of alkyl halides is 1. The molecule has 0 spiro atoms. The standard InChI is InChI=1S/C13H16BrNO2S/c1-2-3-4-5-10-15-18(16,17)13-8-6-12(11-14)7-9-13/h1,6-9,15H,3-5,10-11H2. The Hall–Kier alpha value is -0.830. The number of hydrogen-bond donors (Lipinski definition) is 1. The summed E-state index contributed by atoms with van der Waals surface area (Å²) in [6.07, 6.45) is 7.39. The summed E-state index contributed by atoms with van der Waals surface area (Å²) in [4.78, 5) is 0.296. The van der Waals surface area contributed by atoms with Gasteiger partial charge in [0.15, 0.2) is 0 Å². The van der Waals surface area contributed by atoms with Crippen LogP contribution in [0.3, 0.4) is 0 Å². The van der Waals surface area contributed by atoms with E-state index in [4.69, 9.17) is 6.42 Å². The van der Waals surface area contributed by atoms with E-state index < -0.39 is 10.0 Å². The van der Waals surface area contributed by atoms with Crippen LogP contribution in [0.4, 0.5) is 0 Å². The zero-order valence-electron chi connectivity index (χ0n) is 10.0. The van der Waals surface area contributed by atoms with Crippen LogP contribution in [-0.2, 0) is 15.4 Å². The van der Waals surface area contributed by atoms with Gasteiger partial charge >= 0.3 is 0 Å². The lowest BCUT2D eigenvalue weighted by Gasteiger charge is -2.06. The van der Waals surface area contributed by atoms with Gasteiger partial charge in [0.2, 0.25) is 10.0 Å². The summed E-state index contributed by atoms with van der Waals surface area (Å²) in [6, 6.07) is 6.81. The van der Waals surface area contributed by atoms with Crippen LogP contribution in [0.2, 0.25) is 0 Å². The number of benzene rings is 1. The van der Waals surface area contributed by atoms with E-state index in [1.165, 1.54) is 0 Å². The SMILES string of the molecule is C#CCCCCNS(=O)(=O)c1ccc(CBr)cc1. The number of unbranched alkanes of at least 4 members (excludes halogenated alkanes) is 2. The van der Waals surface area contributed by atoms with Gasteiger partial charge in [-0.05, 0) is 30.5 Å². The highest BCUT2D eigenvalue weighted by molar-refractivity contribution is 9.08. The average Bonchev–Trinajstić information content (AvgIpc) is 2.38. The second-order valence-corrected chi connectivity index (χ2v) is 6.16. The first-order valence-corrected chi connectivity index (χ1v) is 8.28. The van der Waals surface area contributed by atoms with Gasteiger partial charge in [0.25, 0.3) is 0 Å². The minimum absolute atomic E-state index is 0.296. The molecule has 0 aliphatic rings. The van der Waals surface area contributed by atoms with Crippen LogP contribution < -0.4 is 4.72 Å². The van der Waals surface area contributed by atoms with Gasteiger partial charge in [0.05, 0.1) is 4.90 Å². The molecule has 0 amide bonds. The third kappa shape index (κ3) is 4.81. The molecule has 0 saturated heterocycles. The molecule has 0 saturated carbocycles. The minimum Gasteiger partial charge on any atom is -0.211 e. The van der Waals surface area contributed by atoms with E-state index in [1.54, 1.807) is 24.3 Å². The van der Waals surface area contributed by atoms with Crippen LogP contribution in [0, 0.1) is 12.3 Å². The Bertz CT molecular complexity index is 503. The van der Waals surface area contributed by atoms with Crippen molar-refractivity contribution >= 4 is 26.0 Å². The summed E-state index contributed by atoms with van der Waals surface area (Å²) in [5.74, 6) is 2.53. The van der Waals surface area contributed by atoms with Crippen molar-refractivity contribution in [3.8, 4) is 12.3 Å². The van der Waals surface area contributed by atoms with Gasteiger partial charge in [-0.3, -0.25) is 0 Å². The number of rotatable bonds is 7. The fraction of sp³-hybridized carbons (Fsp3) is 0.385. The van der Waals surface area contributed by atoms with E-state index in [1.807, 2.05) is 0 Å². The third-order valence-corrected chi connectivity index (χ3v) is 4.55. The molecule has 1 aromatic carbocycles. The van der Waals surface area contributed by atoms with Crippen LogP contribution in [-0.4, -0.2) is 15.0 Å². The molecule has 1 N–H and O–H groups in total. The fourth-order valence-electron chi connectivity index (χ4n) is 1.40. The predicted molar refractivity (Wildman–Crippen MR) is 76.9 cm³/mol. The maximum atomic E-state index is 11.9. The summed E-state index contributed by atoms with van der Waals surface area (Å²) in [6.45, 7) is 0.421. The molecule has 0 aliphatic carbocycles. The summed E-state index contributed by atoms with van der Waals surface area (Å²) < 4.78 is 26.4. The number of halogens is 1. The van der Waals surface area contributed by atoms with Gasteiger partial charge < -0.3 is 0 Å². The van der Waals surface area contributed by atoms with E-state index >= 15 is 0 Å². The summed E-state index contributed by atoms with van der Waals surface area (Å²) in [5, 5.41) is 0.715. The fourth-order valence-corrected chi connectivity index (χ4v) is 2.85. The lowest BCUT2D eigenvalue weighted by atomic mass is 10.2. The second-order valence-electron chi connectivity index (χ2n) is 3.84. The monoisotopic (exact) mass is 329 g/mol. The zero-order valence-corrected chi connectivity index (χ0v) is 12.4. The smallest absolute Gasteiger partial charge is 0.211 e. The molecule has 0 unspecified atom stereocenters. The van der Waals surface area contributed by atoms with Crippen LogP contribution in [0.1, 0.15) is 24.8 Å². The van der Waals surface area contributed by atoms with Crippen molar-refractivity contribution in [2.24, 2.45) is 0 Å². The second kappa shape index (κ2) is 7.57. The lowest BCUT2D eigenvalue weighted by molar-refractivity contribution is 0.577. The van der Waals surface area contributed by atoms with Gasteiger partial charge in [-0.15, -0.1) is 12.3 Å². The average molecular weight is 330 g/mol. The topological polar surface area (TPSA) is 46.2 Å². The normalized spacial score (nSPS) is 11.1. The molecule has 98 valence electrons. The van der Waals surface area contributed by atoms with Gasteiger partial charge in [-0.25, -0.2) is 13.1 Å². The van der Waals surface area contributed by atoms with Gasteiger partial charge in [0, 0.05) is 18.3 Å². The molecule has 0 aliphatic heterocycles. The predicted octanol–water partition coefficient (Wildman–Crippen LogP) is 2.66. The number of hydrogen-bond acceptors (Lipinski definition) is 2. The van der Waals surface area contributed by atoms with Crippen molar-refractivity contribution in [1.82, 2.24) is 4.72 Å². The Balaban J connectivity index is 2.55. The van der Waals surface area contributed by atoms with E-state index in [2.05, 4.69) is 26.6 Å². The molecule has 0 bridgehead atoms. The Kier molecular flexibility index (Phi) is 6.41. The Labute approximate surface area is 117 Å². The van der Waals surface area contributed by atoms with E-state index in [9.17, 15) is 8.42 Å². The van der Waals surface area contributed by atoms with Crippen molar-refractivity contribution < 1.29 is 8.42 Å². The quantitative estimate of drug-likeness (QED) is 0.475. The van der Waals surface area contributed by atoms with E-state index in [-0.39, 0.29) is 0 Å². The maximum absolute atomic E-state index is 11.9. The molecular formula is C13H16BrNO2S. The highest BCUT2D eigenvalue weighted by Gasteiger charge is 2.12. The Morgan fingerprint density at radius 3 is 2.44 bits per heavy atom. The molecular weight excluding hydrogens is 314 g/mol. The molecule has 5 heteroatoms. The van der Waals surface area contributed by atoms with E-state index in [0.29, 0.717) is 23.2 Å². The molecule has 1 rings (SSSR count). The van der Waals surface area contributed by atoms with Crippen molar-refractivity contribution in [1.29, 1.82) is 0 Å². The first-order valence-electron chi connectivity index (χ1n) is 5.68. The van der Waals surface area contributed by atoms with Crippen molar-refractivity contribution in [3.05, 3.63) is 29.8 Å². The largest absolute Gasteiger partial charge is 0.240 e. The van der Waals surface area contributed by atoms with Gasteiger partial charge in [0.1, 0.15) is 0 Å². The van der Waals surface area contributed by atoms with Crippen LogP contribution in [0.15, 0.2) is 29.2 Å². The molecule has 3 nitrogen and oxygen atoms in total. The first-order chi connectivity index (χ1) is 8.60. The molecule has 0 fully saturated rings. The van der Waals surface area contributed by atoms with Crippen molar-refractivity contribution in [3.63, 3.8) is 0 Å². The highest BCUT2D eigenvalue weighted by atomic mass is 79.9. The molecule has 1 aromatic rings. The van der Waals surface area contributed by atoms with Crippen LogP contribution in [0.5, 0.6) is 0 Å². The highest BCUT2D eigenvalue weighted by Crippen LogP contribution is 2.12. The third-order valence-electron chi connectivity index (χ3n) is 2.43. The van der Waals surface area contributed by atoms with Crippen molar-refractivity contribution in [2.45, 2.75) is 29.5 Å². The molecule has 0 radical (unpaired) electrons. The molecule has 0 aromatic heterocycles. The lowest BCUT2D eigenvalue weighted by Crippen LogP contribution is -2.24. The Morgan fingerprint density at radius 1 is 1.22 bits per heavy atom. The minimum atomic E-state index is -3.39. The number of terminal acetylenes is 1. The first kappa shape index (κ1) is 15.2. The van der Waals surface area contributed by atoms with Crippen LogP contribution >= 0.6 is 15.9 Å². The summed E-state index contributed by atoms with van der Waals surface area (Å²) in [7, 11) is -3.39. The number of sulfonamides is 1. The molecule has 0 heterocycles. The van der Waals surface area contributed by atoms with Gasteiger partial charge in [-0.1, -0.05) is 28.1 Å². The Morgan fingerprint density at radius 2 is 1.89 bits per heavy atom.